The molecule has 150 valence electrons. The lowest BCUT2D eigenvalue weighted by atomic mass is 9.68. The fraction of sp³-hybridized carbons (Fsp3) is 0.652. The van der Waals surface area contributed by atoms with Gasteiger partial charge in [0.15, 0.2) is 0 Å². The monoisotopic (exact) mass is 396 g/mol. The third-order valence-electron chi connectivity index (χ3n) is 6.78. The number of ether oxygens (including phenoxy) is 1. The molecule has 0 saturated heterocycles. The Labute approximate surface area is 167 Å². The molecule has 1 nitrogen and oxygen atoms in total. The highest BCUT2D eigenvalue weighted by Crippen LogP contribution is 2.42. The number of benzene rings is 1. The van der Waals surface area contributed by atoms with Gasteiger partial charge in [0.2, 0.25) is 0 Å². The summed E-state index contributed by atoms with van der Waals surface area (Å²) >= 11 is 5.93. The van der Waals surface area contributed by atoms with Gasteiger partial charge in [0, 0.05) is 5.02 Å². The van der Waals surface area contributed by atoms with E-state index < -0.39 is 6.61 Å². The summed E-state index contributed by atoms with van der Waals surface area (Å²) in [5, 5.41) is 0.432. The zero-order chi connectivity index (χ0) is 19.2. The average Bonchev–Trinajstić information content (AvgIpc) is 2.67. The van der Waals surface area contributed by atoms with Gasteiger partial charge in [0.05, 0.1) is 0 Å². The van der Waals surface area contributed by atoms with Crippen molar-refractivity contribution in [1.29, 1.82) is 0 Å². The third-order valence-corrected chi connectivity index (χ3v) is 7.01. The minimum absolute atomic E-state index is 0.227. The van der Waals surface area contributed by atoms with Gasteiger partial charge in [-0.05, 0) is 92.7 Å². The van der Waals surface area contributed by atoms with Crippen molar-refractivity contribution in [3.63, 3.8) is 0 Å². The van der Waals surface area contributed by atoms with E-state index in [1.165, 1.54) is 57.4 Å². The van der Waals surface area contributed by atoms with Gasteiger partial charge in [-0.1, -0.05) is 36.6 Å². The Balaban J connectivity index is 1.45. The summed E-state index contributed by atoms with van der Waals surface area (Å²) in [5.74, 6) is 3.46. The molecule has 0 spiro atoms. The Kier molecular flexibility index (Phi) is 7.57. The first kappa shape index (κ1) is 20.6. The van der Waals surface area contributed by atoms with E-state index in [2.05, 4.69) is 17.4 Å². The number of rotatable bonds is 7. The van der Waals surface area contributed by atoms with Crippen molar-refractivity contribution in [3.05, 3.63) is 41.4 Å². The van der Waals surface area contributed by atoms with E-state index >= 15 is 0 Å². The molecule has 0 aliphatic heterocycles. The smallest absolute Gasteiger partial charge is 0.387 e. The molecule has 2 aliphatic rings. The van der Waals surface area contributed by atoms with Gasteiger partial charge in [-0.2, -0.15) is 8.78 Å². The molecule has 0 unspecified atom stereocenters. The highest BCUT2D eigenvalue weighted by atomic mass is 35.5. The summed E-state index contributed by atoms with van der Waals surface area (Å²) in [5.41, 5.74) is 0.838. The maximum atomic E-state index is 12.6. The summed E-state index contributed by atoms with van der Waals surface area (Å²) in [6.07, 6.45) is 14.5. The highest BCUT2D eigenvalue weighted by Gasteiger charge is 2.30. The molecule has 1 aromatic rings. The van der Waals surface area contributed by atoms with Gasteiger partial charge in [-0.25, -0.2) is 0 Å². The van der Waals surface area contributed by atoms with Crippen molar-refractivity contribution in [2.24, 2.45) is 23.7 Å². The molecule has 2 aliphatic carbocycles. The molecular formula is C23H31ClF2O. The number of halogens is 3. The number of aryl methyl sites for hydroxylation is 1. The van der Waals surface area contributed by atoms with Crippen molar-refractivity contribution in [3.8, 4) is 5.75 Å². The molecule has 0 aromatic heterocycles. The molecule has 27 heavy (non-hydrogen) atoms. The maximum Gasteiger partial charge on any atom is 0.387 e. The van der Waals surface area contributed by atoms with E-state index in [-0.39, 0.29) is 5.75 Å². The van der Waals surface area contributed by atoms with Crippen LogP contribution in [0.3, 0.4) is 0 Å². The molecule has 0 amide bonds. The van der Waals surface area contributed by atoms with Crippen molar-refractivity contribution in [1.82, 2.24) is 0 Å². The zero-order valence-corrected chi connectivity index (χ0v) is 16.8. The molecule has 1 aromatic carbocycles. The van der Waals surface area contributed by atoms with Gasteiger partial charge in [0.25, 0.3) is 0 Å². The van der Waals surface area contributed by atoms with Crippen molar-refractivity contribution in [2.45, 2.75) is 70.8 Å². The molecule has 0 radical (unpaired) electrons. The lowest BCUT2D eigenvalue weighted by Gasteiger charge is -2.37. The zero-order valence-electron chi connectivity index (χ0n) is 16.0. The molecule has 2 fully saturated rings. The van der Waals surface area contributed by atoms with Gasteiger partial charge < -0.3 is 4.74 Å². The summed E-state index contributed by atoms with van der Waals surface area (Å²) in [7, 11) is 0. The van der Waals surface area contributed by atoms with E-state index in [0.717, 1.165) is 36.2 Å². The average molecular weight is 397 g/mol. The van der Waals surface area contributed by atoms with Crippen LogP contribution in [-0.4, -0.2) is 6.61 Å². The highest BCUT2D eigenvalue weighted by molar-refractivity contribution is 6.30. The van der Waals surface area contributed by atoms with E-state index in [1.54, 1.807) is 6.07 Å². The van der Waals surface area contributed by atoms with Crippen LogP contribution in [0.25, 0.3) is 0 Å². The first-order valence-electron chi connectivity index (χ1n) is 10.4. The molecule has 2 saturated carbocycles. The van der Waals surface area contributed by atoms with Crippen LogP contribution in [0.5, 0.6) is 5.75 Å². The summed E-state index contributed by atoms with van der Waals surface area (Å²) in [6, 6.07) is 5.08. The minimum atomic E-state index is -2.81. The fourth-order valence-corrected chi connectivity index (χ4v) is 5.26. The molecule has 0 bridgehead atoms. The number of allylic oxidation sites excluding steroid dienone is 1. The number of hydrogen-bond acceptors (Lipinski definition) is 1. The maximum absolute atomic E-state index is 12.6. The van der Waals surface area contributed by atoms with Crippen molar-refractivity contribution in [2.75, 3.05) is 0 Å². The molecule has 0 heterocycles. The van der Waals surface area contributed by atoms with Crippen molar-refractivity contribution < 1.29 is 13.5 Å². The molecule has 0 N–H and O–H groups in total. The lowest BCUT2D eigenvalue weighted by molar-refractivity contribution is -0.0504. The standard InChI is InChI=1S/C23H31ClF2O/c1-2-16-3-8-18(9-4-16)19-10-5-17(6-11-19)7-12-20-13-14-21(24)15-22(20)27-23(25)26/h2,13-19,23H,1,3-12H2. The predicted octanol–water partition coefficient (Wildman–Crippen LogP) is 7.67. The van der Waals surface area contributed by atoms with Crippen LogP contribution in [0, 0.1) is 23.7 Å². The SMILES string of the molecule is C=CC1CCC(C2CCC(CCc3ccc(Cl)cc3OC(F)F)CC2)CC1. The van der Waals surface area contributed by atoms with Gasteiger partial charge in [-0.15, -0.1) is 6.58 Å². The first-order chi connectivity index (χ1) is 13.0. The van der Waals surface area contributed by atoms with Gasteiger partial charge in [-0.3, -0.25) is 0 Å². The normalized spacial score (nSPS) is 28.9. The second-order valence-corrected chi connectivity index (χ2v) is 8.80. The van der Waals surface area contributed by atoms with Crippen LogP contribution < -0.4 is 4.74 Å². The Morgan fingerprint density at radius 1 is 1.04 bits per heavy atom. The van der Waals surface area contributed by atoms with E-state index in [0.29, 0.717) is 10.9 Å². The van der Waals surface area contributed by atoms with E-state index in [1.807, 2.05) is 6.07 Å². The van der Waals surface area contributed by atoms with E-state index in [9.17, 15) is 8.78 Å². The molecular weight excluding hydrogens is 366 g/mol. The van der Waals surface area contributed by atoms with Crippen LogP contribution in [0.4, 0.5) is 8.78 Å². The predicted molar refractivity (Wildman–Crippen MR) is 107 cm³/mol. The minimum Gasteiger partial charge on any atom is -0.434 e. The molecule has 0 atom stereocenters. The second kappa shape index (κ2) is 9.91. The summed E-state index contributed by atoms with van der Waals surface area (Å²) < 4.78 is 29.9. The van der Waals surface area contributed by atoms with Crippen molar-refractivity contribution >= 4 is 11.6 Å². The Morgan fingerprint density at radius 3 is 2.26 bits per heavy atom. The van der Waals surface area contributed by atoms with Crippen LogP contribution in [0.15, 0.2) is 30.9 Å². The number of hydrogen-bond donors (Lipinski definition) is 0. The first-order valence-corrected chi connectivity index (χ1v) is 10.8. The second-order valence-electron chi connectivity index (χ2n) is 8.36. The lowest BCUT2D eigenvalue weighted by Crippen LogP contribution is -2.25. The van der Waals surface area contributed by atoms with Crippen LogP contribution in [-0.2, 0) is 6.42 Å². The topological polar surface area (TPSA) is 9.23 Å². The Bertz CT molecular complexity index is 602. The fourth-order valence-electron chi connectivity index (χ4n) is 5.10. The Hall–Kier alpha value is -1.09. The summed E-state index contributed by atoms with van der Waals surface area (Å²) in [6.45, 7) is 1.13. The van der Waals surface area contributed by atoms with E-state index in [4.69, 9.17) is 11.6 Å². The van der Waals surface area contributed by atoms with Crippen LogP contribution >= 0.6 is 11.6 Å². The van der Waals surface area contributed by atoms with Gasteiger partial charge >= 0.3 is 6.61 Å². The number of alkyl halides is 2. The van der Waals surface area contributed by atoms with Crippen LogP contribution in [0.1, 0.15) is 63.4 Å². The Morgan fingerprint density at radius 2 is 1.67 bits per heavy atom. The molecule has 4 heteroatoms. The van der Waals surface area contributed by atoms with Crippen LogP contribution in [0.2, 0.25) is 5.02 Å². The van der Waals surface area contributed by atoms with Gasteiger partial charge in [0.1, 0.15) is 5.75 Å². The quantitative estimate of drug-likeness (QED) is 0.429. The summed E-state index contributed by atoms with van der Waals surface area (Å²) in [4.78, 5) is 0. The molecule has 3 rings (SSSR count). The largest absolute Gasteiger partial charge is 0.434 e. The third kappa shape index (κ3) is 5.94.